The number of hydrogen-bond donors (Lipinski definition) is 2. The highest BCUT2D eigenvalue weighted by molar-refractivity contribution is 7.89. The van der Waals surface area contributed by atoms with Gasteiger partial charge in [0.1, 0.15) is 6.07 Å². The van der Waals surface area contributed by atoms with Crippen molar-refractivity contribution < 1.29 is 8.42 Å². The van der Waals surface area contributed by atoms with Gasteiger partial charge in [-0.15, -0.1) is 0 Å². The second kappa shape index (κ2) is 10.4. The molecule has 0 aliphatic rings. The zero-order valence-corrected chi connectivity index (χ0v) is 21.6. The minimum atomic E-state index is -3.51. The van der Waals surface area contributed by atoms with Gasteiger partial charge in [-0.25, -0.2) is 8.42 Å². The van der Waals surface area contributed by atoms with Crippen LogP contribution in [0.3, 0.4) is 0 Å². The number of H-pyrrole nitrogens is 1. The fraction of sp³-hybridized carbons (Fsp3) is 0.214. The molecule has 0 unspecified atom stereocenters. The van der Waals surface area contributed by atoms with Gasteiger partial charge in [0.15, 0.2) is 0 Å². The van der Waals surface area contributed by atoms with Crippen LogP contribution in [0.15, 0.2) is 59.8 Å². The van der Waals surface area contributed by atoms with E-state index in [0.29, 0.717) is 24.3 Å². The van der Waals surface area contributed by atoms with E-state index in [1.807, 2.05) is 64.2 Å². The monoisotopic (exact) mass is 499 g/mol. The van der Waals surface area contributed by atoms with Crippen LogP contribution < -0.4 is 5.32 Å². The van der Waals surface area contributed by atoms with Gasteiger partial charge in [0.25, 0.3) is 0 Å². The molecule has 0 saturated heterocycles. The number of rotatable bonds is 8. The van der Waals surface area contributed by atoms with E-state index >= 15 is 0 Å². The fourth-order valence-electron chi connectivity index (χ4n) is 4.24. The van der Waals surface area contributed by atoms with E-state index in [-0.39, 0.29) is 4.90 Å². The predicted molar refractivity (Wildman–Crippen MR) is 145 cm³/mol. The lowest BCUT2D eigenvalue weighted by Crippen LogP contribution is -2.30. The number of hydrogen-bond acceptors (Lipinski definition) is 5. The van der Waals surface area contributed by atoms with Gasteiger partial charge < -0.3 is 10.3 Å². The van der Waals surface area contributed by atoms with E-state index in [1.165, 1.54) is 4.31 Å². The van der Waals surface area contributed by atoms with E-state index in [2.05, 4.69) is 21.4 Å². The van der Waals surface area contributed by atoms with Crippen LogP contribution in [0, 0.1) is 25.2 Å². The molecule has 0 spiro atoms. The lowest BCUT2D eigenvalue weighted by Gasteiger charge is -2.18. The number of sulfonamides is 1. The van der Waals surface area contributed by atoms with Crippen molar-refractivity contribution in [3.63, 3.8) is 0 Å². The van der Waals surface area contributed by atoms with Crippen LogP contribution in [-0.4, -0.2) is 35.8 Å². The summed E-state index contributed by atoms with van der Waals surface area (Å²) in [4.78, 5) is 7.90. The Labute approximate surface area is 212 Å². The number of nitrogens with one attached hydrogen (secondary N) is 2. The number of aromatic nitrogens is 2. The van der Waals surface area contributed by atoms with E-state index in [0.717, 1.165) is 39.0 Å². The van der Waals surface area contributed by atoms with Crippen molar-refractivity contribution in [1.82, 2.24) is 14.3 Å². The lowest BCUT2D eigenvalue weighted by molar-refractivity contribution is 0.445. The number of benzene rings is 2. The van der Waals surface area contributed by atoms with Crippen LogP contribution in [0.5, 0.6) is 0 Å². The average Bonchev–Trinajstić information content (AvgIpc) is 3.36. The van der Waals surface area contributed by atoms with Crippen molar-refractivity contribution in [2.45, 2.75) is 32.6 Å². The maximum absolute atomic E-state index is 12.8. The van der Waals surface area contributed by atoms with Crippen molar-refractivity contribution in [3.05, 3.63) is 82.8 Å². The lowest BCUT2D eigenvalue weighted by atomic mass is 10.0. The Morgan fingerprint density at radius 3 is 2.44 bits per heavy atom. The number of fused-ring (bicyclic) bond motifs is 1. The third-order valence-electron chi connectivity index (χ3n) is 6.37. The van der Waals surface area contributed by atoms with Crippen molar-refractivity contribution in [3.8, 4) is 6.07 Å². The molecule has 0 saturated carbocycles. The Morgan fingerprint density at radius 2 is 1.78 bits per heavy atom. The topological polar surface area (TPSA) is 102 Å². The summed E-state index contributed by atoms with van der Waals surface area (Å²) in [5.41, 5.74) is 6.56. The van der Waals surface area contributed by atoms with Crippen molar-refractivity contribution in [2.24, 2.45) is 0 Å². The maximum Gasteiger partial charge on any atom is 0.243 e. The van der Waals surface area contributed by atoms with E-state index in [4.69, 9.17) is 0 Å². The Balaban J connectivity index is 1.69. The quantitative estimate of drug-likeness (QED) is 0.310. The number of pyridine rings is 1. The second-order valence-electron chi connectivity index (χ2n) is 8.45. The van der Waals surface area contributed by atoms with Gasteiger partial charge in [-0.05, 0) is 55.3 Å². The van der Waals surface area contributed by atoms with Crippen molar-refractivity contribution in [2.75, 3.05) is 18.4 Å². The zero-order chi connectivity index (χ0) is 25.9. The molecule has 2 aromatic carbocycles. The van der Waals surface area contributed by atoms with Gasteiger partial charge >= 0.3 is 0 Å². The summed E-state index contributed by atoms with van der Waals surface area (Å²) in [7, 11) is -3.51. The first-order valence-electron chi connectivity index (χ1n) is 11.8. The van der Waals surface area contributed by atoms with Crippen LogP contribution in [0.4, 0.5) is 11.4 Å². The van der Waals surface area contributed by atoms with Crippen LogP contribution in [-0.2, 0) is 10.0 Å². The molecule has 4 rings (SSSR count). The molecule has 7 nitrogen and oxygen atoms in total. The molecule has 4 aromatic rings. The fourth-order valence-corrected chi connectivity index (χ4v) is 5.70. The molecular formula is C28H29N5O2S. The van der Waals surface area contributed by atoms with Gasteiger partial charge in [0.2, 0.25) is 10.0 Å². The minimum absolute atomic E-state index is 0.269. The number of nitrogens with zero attached hydrogens (tertiary/aromatic N) is 3. The summed E-state index contributed by atoms with van der Waals surface area (Å²) in [5.74, 6) is 0. The molecule has 0 fully saturated rings. The van der Waals surface area contributed by atoms with Gasteiger partial charge in [0, 0.05) is 53.3 Å². The van der Waals surface area contributed by atoms with Gasteiger partial charge in [-0.2, -0.15) is 9.57 Å². The van der Waals surface area contributed by atoms with E-state index < -0.39 is 10.0 Å². The first-order chi connectivity index (χ1) is 17.3. The predicted octanol–water partition coefficient (Wildman–Crippen LogP) is 6.00. The molecule has 0 aliphatic carbocycles. The second-order valence-corrected chi connectivity index (χ2v) is 10.4. The molecule has 8 heteroatoms. The SMILES string of the molecule is CCN(CC)S(=O)(=O)c1ccc(C=Cc2c(C)ncc(C#N)c2Nc2ccc3[nH]ccc3c2C)cc1. The maximum atomic E-state index is 12.8. The summed E-state index contributed by atoms with van der Waals surface area (Å²) in [5, 5.41) is 14.4. The third-order valence-corrected chi connectivity index (χ3v) is 8.43. The molecule has 0 amide bonds. The summed E-state index contributed by atoms with van der Waals surface area (Å²) in [6, 6.07) is 15.1. The molecule has 36 heavy (non-hydrogen) atoms. The molecular weight excluding hydrogens is 470 g/mol. The first kappa shape index (κ1) is 25.2. The van der Waals surface area contributed by atoms with Gasteiger partial charge in [-0.3, -0.25) is 4.98 Å². The van der Waals surface area contributed by atoms with Crippen LogP contribution in [0.25, 0.3) is 23.1 Å². The summed E-state index contributed by atoms with van der Waals surface area (Å²) in [6.45, 7) is 8.44. The summed E-state index contributed by atoms with van der Waals surface area (Å²) >= 11 is 0. The number of nitriles is 1. The van der Waals surface area contributed by atoms with Crippen LogP contribution in [0.1, 0.15) is 41.8 Å². The summed E-state index contributed by atoms with van der Waals surface area (Å²) < 4.78 is 27.0. The van der Waals surface area contributed by atoms with E-state index in [1.54, 1.807) is 30.5 Å². The number of aromatic amines is 1. The average molecular weight is 500 g/mol. The van der Waals surface area contributed by atoms with Crippen LogP contribution >= 0.6 is 0 Å². The molecule has 2 heterocycles. The minimum Gasteiger partial charge on any atom is -0.361 e. The standard InChI is InChI=1S/C28H29N5O2S/c1-5-33(6-2)36(34,35)23-10-7-21(8-11-23)9-12-25-20(4)31-18-22(17-29)28(25)32-26-13-14-27-24(19(26)3)15-16-30-27/h7-16,18,30H,5-6H2,1-4H3,(H,31,32). The smallest absolute Gasteiger partial charge is 0.243 e. The van der Waals surface area contributed by atoms with Crippen LogP contribution in [0.2, 0.25) is 0 Å². The highest BCUT2D eigenvalue weighted by atomic mass is 32.2. The molecule has 2 aromatic heterocycles. The zero-order valence-electron chi connectivity index (χ0n) is 20.8. The summed E-state index contributed by atoms with van der Waals surface area (Å²) in [6.07, 6.45) is 7.29. The first-order valence-corrected chi connectivity index (χ1v) is 13.3. The van der Waals surface area contributed by atoms with Crippen molar-refractivity contribution >= 4 is 44.5 Å². The number of aryl methyl sites for hydroxylation is 2. The van der Waals surface area contributed by atoms with Crippen molar-refractivity contribution in [1.29, 1.82) is 5.26 Å². The largest absolute Gasteiger partial charge is 0.361 e. The Bertz CT molecular complexity index is 1570. The molecule has 184 valence electrons. The molecule has 0 bridgehead atoms. The van der Waals surface area contributed by atoms with Gasteiger partial charge in [-0.1, -0.05) is 38.1 Å². The van der Waals surface area contributed by atoms with Gasteiger partial charge in [0.05, 0.1) is 16.1 Å². The number of anilines is 2. The third kappa shape index (κ3) is 4.76. The molecule has 2 N–H and O–H groups in total. The Kier molecular flexibility index (Phi) is 7.25. The molecule has 0 aliphatic heterocycles. The Hall–Kier alpha value is -3.93. The molecule has 0 radical (unpaired) electrons. The highest BCUT2D eigenvalue weighted by Crippen LogP contribution is 2.32. The normalized spacial score (nSPS) is 11.9. The molecule has 0 atom stereocenters. The Morgan fingerprint density at radius 1 is 1.06 bits per heavy atom. The van der Waals surface area contributed by atoms with E-state index in [9.17, 15) is 13.7 Å². The highest BCUT2D eigenvalue weighted by Gasteiger charge is 2.21.